The fourth-order valence-electron chi connectivity index (χ4n) is 1.06. The molecule has 0 aliphatic heterocycles. The van der Waals surface area contributed by atoms with Gasteiger partial charge in [0.15, 0.2) is 0 Å². The van der Waals surface area contributed by atoms with Crippen LogP contribution < -0.4 is 0 Å². The van der Waals surface area contributed by atoms with Crippen molar-refractivity contribution in [2.75, 3.05) is 11.5 Å². The van der Waals surface area contributed by atoms with Gasteiger partial charge < -0.3 is 5.11 Å². The van der Waals surface area contributed by atoms with Crippen molar-refractivity contribution in [3.8, 4) is 0 Å². The molecule has 0 saturated carbocycles. The molecule has 0 rings (SSSR count). The molecule has 7 heteroatoms. The average molecular weight is 322 g/mol. The van der Waals surface area contributed by atoms with Crippen LogP contribution >= 0.6 is 24.4 Å². The second kappa shape index (κ2) is 14.6. The Morgan fingerprint density at radius 1 is 1.00 bits per heavy atom. The number of carboxylic acid groups (broad SMARTS) is 1. The van der Waals surface area contributed by atoms with E-state index in [0.717, 1.165) is 25.0 Å². The van der Waals surface area contributed by atoms with Gasteiger partial charge in [-0.2, -0.15) is 11.8 Å². The van der Waals surface area contributed by atoms with E-state index in [4.69, 9.17) is 5.11 Å². The van der Waals surface area contributed by atoms with Gasteiger partial charge in [-0.1, -0.05) is 39.3 Å². The smallest absolute Gasteiger partial charge is 0.372 e. The summed E-state index contributed by atoms with van der Waals surface area (Å²) in [6, 6.07) is 0. The number of Topliss-reactive ketones (excluding diaryl/α,β-unsaturated/α-hetero) is 2. The second-order valence-electron chi connectivity index (χ2n) is 3.86. The molecule has 0 unspecified atom stereocenters. The lowest BCUT2D eigenvalue weighted by Gasteiger charge is -1.92. The minimum Gasteiger partial charge on any atom is -0.476 e. The minimum atomic E-state index is -1.32. The maximum absolute atomic E-state index is 10.6. The van der Waals surface area contributed by atoms with E-state index in [-0.39, 0.29) is 12.2 Å². The molecule has 0 saturated heterocycles. The van der Waals surface area contributed by atoms with Crippen LogP contribution in [-0.4, -0.2) is 39.3 Å². The minimum absolute atomic E-state index is 0.147. The number of thioether (sulfide) groups is 1. The molecule has 0 amide bonds. The van der Waals surface area contributed by atoms with Crippen molar-refractivity contribution in [1.82, 2.24) is 0 Å². The Morgan fingerprint density at radius 3 is 2.00 bits per heavy atom. The molecule has 0 fully saturated rings. The summed E-state index contributed by atoms with van der Waals surface area (Å²) in [5, 5.41) is 7.51. The van der Waals surface area contributed by atoms with Crippen molar-refractivity contribution < 1.29 is 24.3 Å². The van der Waals surface area contributed by atoms with E-state index < -0.39 is 16.9 Å². The number of hydrogen-bond donors (Lipinski definition) is 2. The molecule has 0 aromatic heterocycles. The van der Waals surface area contributed by atoms with Gasteiger partial charge in [-0.25, -0.2) is 4.79 Å². The molecule has 0 heterocycles. The Bertz CT molecular complexity index is 297. The molecule has 0 atom stereocenters. The predicted octanol–water partition coefficient (Wildman–Crippen LogP) is 2.38. The Balaban J connectivity index is 0. The number of unbranched alkanes of at least 4 members (excludes halogenated alkanes) is 2. The number of hydrogen-bond acceptors (Lipinski definition) is 5. The standard InChI is InChI=1S/C7H12O2S.C6H10O3S/c1-2-3-4-5-6(8)7(9)10;1-2-10-4-3-5(7)6(8)9/h2-5H2,1H3,(H,9,10);2-4H2,1H3,(H,8,9). The maximum Gasteiger partial charge on any atom is 0.372 e. The highest BCUT2D eigenvalue weighted by Gasteiger charge is 2.09. The lowest BCUT2D eigenvalue weighted by molar-refractivity contribution is -0.148. The third kappa shape index (κ3) is 15.2. The Kier molecular flexibility index (Phi) is 15.7. The number of carboxylic acids is 1. The molecule has 1 N–H and O–H groups in total. The first kappa shape index (κ1) is 21.5. The zero-order valence-electron chi connectivity index (χ0n) is 11.9. The molecule has 20 heavy (non-hydrogen) atoms. The van der Waals surface area contributed by atoms with Gasteiger partial charge in [-0.05, 0) is 12.2 Å². The van der Waals surface area contributed by atoms with Crippen LogP contribution in [0.5, 0.6) is 0 Å². The van der Waals surface area contributed by atoms with E-state index >= 15 is 0 Å². The topological polar surface area (TPSA) is 88.5 Å². The number of aliphatic carboxylic acids is 1. The molecule has 0 aliphatic carbocycles. The zero-order chi connectivity index (χ0) is 16.0. The lowest BCUT2D eigenvalue weighted by Crippen LogP contribution is -2.12. The first-order valence-electron chi connectivity index (χ1n) is 6.46. The molecular weight excluding hydrogens is 300 g/mol. The Hall–Kier alpha value is -0.820. The molecular formula is C13H22O5S2. The van der Waals surface area contributed by atoms with Crippen molar-refractivity contribution in [3.05, 3.63) is 0 Å². The van der Waals surface area contributed by atoms with E-state index in [2.05, 4.69) is 12.6 Å². The highest BCUT2D eigenvalue weighted by atomic mass is 32.2. The molecule has 0 aromatic rings. The zero-order valence-corrected chi connectivity index (χ0v) is 13.6. The van der Waals surface area contributed by atoms with Gasteiger partial charge in [0, 0.05) is 18.6 Å². The van der Waals surface area contributed by atoms with Crippen molar-refractivity contribution in [2.45, 2.75) is 46.0 Å². The van der Waals surface area contributed by atoms with E-state index in [1.54, 1.807) is 11.8 Å². The van der Waals surface area contributed by atoms with Crippen LogP contribution in [0.15, 0.2) is 0 Å². The third-order valence-electron chi connectivity index (χ3n) is 2.16. The first-order valence-corrected chi connectivity index (χ1v) is 8.06. The van der Waals surface area contributed by atoms with Crippen molar-refractivity contribution >= 4 is 47.0 Å². The Labute approximate surface area is 129 Å². The number of rotatable bonds is 10. The number of thiol groups is 1. The summed E-state index contributed by atoms with van der Waals surface area (Å²) < 4.78 is 0. The van der Waals surface area contributed by atoms with Crippen LogP contribution in [0.3, 0.4) is 0 Å². The highest BCUT2D eigenvalue weighted by Crippen LogP contribution is 2.01. The van der Waals surface area contributed by atoms with E-state index in [0.29, 0.717) is 12.2 Å². The van der Waals surface area contributed by atoms with Crippen molar-refractivity contribution in [2.24, 2.45) is 0 Å². The summed E-state index contributed by atoms with van der Waals surface area (Å²) in [7, 11) is 0. The number of carbonyl (C=O) groups excluding carboxylic acids is 3. The van der Waals surface area contributed by atoms with E-state index in [1.807, 2.05) is 13.8 Å². The molecule has 0 bridgehead atoms. The van der Waals surface area contributed by atoms with Gasteiger partial charge in [0.05, 0.1) is 0 Å². The van der Waals surface area contributed by atoms with Gasteiger partial charge >= 0.3 is 5.97 Å². The monoisotopic (exact) mass is 322 g/mol. The largest absolute Gasteiger partial charge is 0.476 e. The van der Waals surface area contributed by atoms with Crippen molar-refractivity contribution in [1.29, 1.82) is 0 Å². The summed E-state index contributed by atoms with van der Waals surface area (Å²) in [6.07, 6.45) is 3.38. The van der Waals surface area contributed by atoms with E-state index in [9.17, 15) is 19.2 Å². The highest BCUT2D eigenvalue weighted by molar-refractivity contribution is 7.99. The fraction of sp³-hybridized carbons (Fsp3) is 0.692. The van der Waals surface area contributed by atoms with E-state index in [1.165, 1.54) is 0 Å². The van der Waals surface area contributed by atoms with Gasteiger partial charge in [0.2, 0.25) is 11.6 Å². The first-order chi connectivity index (χ1) is 9.36. The summed E-state index contributed by atoms with van der Waals surface area (Å²) >= 11 is 4.98. The molecule has 5 nitrogen and oxygen atoms in total. The normalized spacial score (nSPS) is 9.35. The lowest BCUT2D eigenvalue weighted by atomic mass is 10.1. The molecule has 0 aromatic carbocycles. The molecule has 0 aliphatic rings. The van der Waals surface area contributed by atoms with Crippen LogP contribution in [0, 0.1) is 0 Å². The summed E-state index contributed by atoms with van der Waals surface area (Å²) in [4.78, 5) is 41.2. The van der Waals surface area contributed by atoms with Gasteiger partial charge in [0.1, 0.15) is 0 Å². The van der Waals surface area contributed by atoms with Crippen LogP contribution in [-0.2, 0) is 19.2 Å². The van der Waals surface area contributed by atoms with Crippen LogP contribution in [0.1, 0.15) is 46.0 Å². The maximum atomic E-state index is 10.6. The number of carbonyl (C=O) groups is 4. The summed E-state index contributed by atoms with van der Waals surface area (Å²) in [5.41, 5.74) is 0. The summed E-state index contributed by atoms with van der Waals surface area (Å²) in [6.45, 7) is 4.02. The van der Waals surface area contributed by atoms with Gasteiger partial charge in [-0.3, -0.25) is 14.4 Å². The summed E-state index contributed by atoms with van der Waals surface area (Å²) in [5.74, 6) is -0.844. The number of ketones is 2. The van der Waals surface area contributed by atoms with Gasteiger partial charge in [0.25, 0.3) is 5.12 Å². The van der Waals surface area contributed by atoms with Crippen LogP contribution in [0.4, 0.5) is 0 Å². The average Bonchev–Trinajstić information content (AvgIpc) is 2.39. The quantitative estimate of drug-likeness (QED) is 0.365. The SMILES string of the molecule is CCCCCC(=O)C(=O)S.CCSCCC(=O)C(=O)O. The Morgan fingerprint density at radius 2 is 1.60 bits per heavy atom. The van der Waals surface area contributed by atoms with Gasteiger partial charge in [-0.15, -0.1) is 0 Å². The second-order valence-corrected chi connectivity index (χ2v) is 5.66. The molecule has 0 radical (unpaired) electrons. The van der Waals surface area contributed by atoms with Crippen LogP contribution in [0.2, 0.25) is 0 Å². The van der Waals surface area contributed by atoms with Crippen molar-refractivity contribution in [3.63, 3.8) is 0 Å². The third-order valence-corrected chi connectivity index (χ3v) is 3.31. The predicted molar refractivity (Wildman–Crippen MR) is 83.4 cm³/mol. The van der Waals surface area contributed by atoms with Crippen LogP contribution in [0.25, 0.3) is 0 Å². The molecule has 0 spiro atoms. The molecule has 116 valence electrons. The fourth-order valence-corrected chi connectivity index (χ4v) is 1.79.